The summed E-state index contributed by atoms with van der Waals surface area (Å²) in [5, 5.41) is 13.9. The summed E-state index contributed by atoms with van der Waals surface area (Å²) in [6.45, 7) is 8.64. The highest BCUT2D eigenvalue weighted by Crippen LogP contribution is 2.09. The third kappa shape index (κ3) is 4.15. The minimum absolute atomic E-state index is 0.718. The van der Waals surface area contributed by atoms with E-state index in [1.54, 1.807) is 11.3 Å². The van der Waals surface area contributed by atoms with Crippen LogP contribution in [0, 0.1) is 5.92 Å². The van der Waals surface area contributed by atoms with Crippen molar-refractivity contribution >= 4 is 11.3 Å². The average molecular weight is 213 g/mol. The van der Waals surface area contributed by atoms with Gasteiger partial charge in [0.2, 0.25) is 0 Å². The third-order valence-electron chi connectivity index (χ3n) is 1.88. The van der Waals surface area contributed by atoms with Gasteiger partial charge in [-0.15, -0.1) is 21.5 Å². The van der Waals surface area contributed by atoms with Crippen molar-refractivity contribution in [3.63, 3.8) is 0 Å². The Bertz CT molecular complexity index is 258. The molecule has 1 aromatic rings. The molecule has 3 nitrogen and oxygen atoms in total. The lowest BCUT2D eigenvalue weighted by atomic mass is 10.2. The van der Waals surface area contributed by atoms with E-state index in [0.717, 1.165) is 41.9 Å². The molecule has 1 rings (SSSR count). The number of nitrogens with zero attached hydrogens (tertiary/aromatic N) is 2. The number of hydrogen-bond acceptors (Lipinski definition) is 4. The van der Waals surface area contributed by atoms with Crippen molar-refractivity contribution in [2.75, 3.05) is 13.1 Å². The van der Waals surface area contributed by atoms with Gasteiger partial charge in [-0.3, -0.25) is 0 Å². The molecule has 0 unspecified atom stereocenters. The van der Waals surface area contributed by atoms with Crippen LogP contribution in [-0.2, 0) is 12.8 Å². The summed E-state index contributed by atoms with van der Waals surface area (Å²) in [7, 11) is 0. The Labute approximate surface area is 89.9 Å². The molecule has 1 N–H and O–H groups in total. The van der Waals surface area contributed by atoms with Crippen molar-refractivity contribution in [1.29, 1.82) is 0 Å². The van der Waals surface area contributed by atoms with Crippen LogP contribution < -0.4 is 5.32 Å². The summed E-state index contributed by atoms with van der Waals surface area (Å²) < 4.78 is 0. The first-order chi connectivity index (χ1) is 6.72. The Kier molecular flexibility index (Phi) is 5.04. The highest BCUT2D eigenvalue weighted by Gasteiger charge is 2.01. The lowest BCUT2D eigenvalue weighted by Crippen LogP contribution is -2.22. The summed E-state index contributed by atoms with van der Waals surface area (Å²) in [5.74, 6) is 0.718. The van der Waals surface area contributed by atoms with Crippen LogP contribution in [-0.4, -0.2) is 23.3 Å². The molecule has 0 aliphatic carbocycles. The van der Waals surface area contributed by atoms with Crippen LogP contribution in [0.3, 0.4) is 0 Å². The molecule has 1 heterocycles. The first-order valence-corrected chi connectivity index (χ1v) is 6.06. The highest BCUT2D eigenvalue weighted by molar-refractivity contribution is 7.11. The largest absolute Gasteiger partial charge is 0.316 e. The summed E-state index contributed by atoms with van der Waals surface area (Å²) in [5.41, 5.74) is 0. The molecule has 14 heavy (non-hydrogen) atoms. The zero-order valence-electron chi connectivity index (χ0n) is 9.21. The van der Waals surface area contributed by atoms with Crippen LogP contribution in [0.1, 0.15) is 30.8 Å². The summed E-state index contributed by atoms with van der Waals surface area (Å²) >= 11 is 1.73. The van der Waals surface area contributed by atoms with Crippen LogP contribution in [0.25, 0.3) is 0 Å². The van der Waals surface area contributed by atoms with Gasteiger partial charge in [0.25, 0.3) is 0 Å². The Morgan fingerprint density at radius 2 is 2.00 bits per heavy atom. The maximum Gasteiger partial charge on any atom is 0.118 e. The quantitative estimate of drug-likeness (QED) is 0.733. The van der Waals surface area contributed by atoms with Gasteiger partial charge in [-0.1, -0.05) is 20.8 Å². The van der Waals surface area contributed by atoms with Gasteiger partial charge >= 0.3 is 0 Å². The number of rotatable bonds is 6. The van der Waals surface area contributed by atoms with E-state index in [1.165, 1.54) is 0 Å². The second-order valence-electron chi connectivity index (χ2n) is 3.79. The number of nitrogens with one attached hydrogen (secondary N) is 1. The van der Waals surface area contributed by atoms with E-state index < -0.39 is 0 Å². The smallest absolute Gasteiger partial charge is 0.118 e. The van der Waals surface area contributed by atoms with E-state index in [9.17, 15) is 0 Å². The molecule has 80 valence electrons. The minimum Gasteiger partial charge on any atom is -0.316 e. The Balaban J connectivity index is 2.18. The third-order valence-corrected chi connectivity index (χ3v) is 3.01. The molecule has 0 saturated carbocycles. The lowest BCUT2D eigenvalue weighted by Gasteiger charge is -2.04. The molecule has 0 amide bonds. The van der Waals surface area contributed by atoms with Gasteiger partial charge in [0, 0.05) is 13.0 Å². The fourth-order valence-corrected chi connectivity index (χ4v) is 1.90. The Hall–Kier alpha value is -0.480. The first kappa shape index (κ1) is 11.6. The summed E-state index contributed by atoms with van der Waals surface area (Å²) in [4.78, 5) is 0. The number of aromatic nitrogens is 2. The molecular formula is C10H19N3S. The van der Waals surface area contributed by atoms with E-state index in [1.807, 2.05) is 0 Å². The van der Waals surface area contributed by atoms with E-state index in [-0.39, 0.29) is 0 Å². The fourth-order valence-electron chi connectivity index (χ4n) is 1.12. The maximum absolute atomic E-state index is 4.13. The van der Waals surface area contributed by atoms with Crippen LogP contribution >= 0.6 is 11.3 Å². The Morgan fingerprint density at radius 1 is 1.29 bits per heavy atom. The molecule has 0 radical (unpaired) electrons. The van der Waals surface area contributed by atoms with Crippen molar-refractivity contribution in [3.05, 3.63) is 10.0 Å². The molecule has 4 heteroatoms. The van der Waals surface area contributed by atoms with Gasteiger partial charge in [-0.2, -0.15) is 0 Å². The van der Waals surface area contributed by atoms with Gasteiger partial charge in [-0.05, 0) is 18.9 Å². The predicted octanol–water partition coefficient (Wildman–Crippen LogP) is 1.89. The van der Waals surface area contributed by atoms with E-state index in [2.05, 4.69) is 36.3 Å². The van der Waals surface area contributed by atoms with E-state index >= 15 is 0 Å². The standard InChI is InChI=1S/C10H19N3S/c1-4-9-12-13-10(14-9)5-6-11-7-8(2)3/h8,11H,4-7H2,1-3H3. The molecule has 0 spiro atoms. The van der Waals surface area contributed by atoms with E-state index in [4.69, 9.17) is 0 Å². The monoisotopic (exact) mass is 213 g/mol. The second-order valence-corrected chi connectivity index (χ2v) is 4.94. The molecular weight excluding hydrogens is 194 g/mol. The van der Waals surface area contributed by atoms with Gasteiger partial charge in [-0.25, -0.2) is 0 Å². The van der Waals surface area contributed by atoms with Gasteiger partial charge in [0.1, 0.15) is 10.0 Å². The summed E-state index contributed by atoms with van der Waals surface area (Å²) in [6.07, 6.45) is 2.00. The molecule has 0 atom stereocenters. The molecule has 0 aromatic carbocycles. The average Bonchev–Trinajstić information content (AvgIpc) is 2.60. The normalized spacial score (nSPS) is 11.1. The van der Waals surface area contributed by atoms with Crippen LogP contribution in [0.5, 0.6) is 0 Å². The fraction of sp³-hybridized carbons (Fsp3) is 0.800. The number of aryl methyl sites for hydroxylation is 1. The predicted molar refractivity (Wildman–Crippen MR) is 60.7 cm³/mol. The van der Waals surface area contributed by atoms with Gasteiger partial charge in [0.05, 0.1) is 0 Å². The minimum atomic E-state index is 0.718. The molecule has 0 aliphatic heterocycles. The molecule has 0 aliphatic rings. The van der Waals surface area contributed by atoms with Gasteiger partial charge < -0.3 is 5.32 Å². The van der Waals surface area contributed by atoms with Gasteiger partial charge in [0.15, 0.2) is 0 Å². The van der Waals surface area contributed by atoms with Crippen molar-refractivity contribution < 1.29 is 0 Å². The second kappa shape index (κ2) is 6.09. The van der Waals surface area contributed by atoms with Crippen molar-refractivity contribution in [2.24, 2.45) is 5.92 Å². The molecule has 0 saturated heterocycles. The van der Waals surface area contributed by atoms with Crippen molar-refractivity contribution in [2.45, 2.75) is 33.6 Å². The molecule has 0 bridgehead atoms. The highest BCUT2D eigenvalue weighted by atomic mass is 32.1. The van der Waals surface area contributed by atoms with Crippen molar-refractivity contribution in [1.82, 2.24) is 15.5 Å². The molecule has 0 fully saturated rings. The SMILES string of the molecule is CCc1nnc(CCNCC(C)C)s1. The van der Waals surface area contributed by atoms with Crippen LogP contribution in [0.4, 0.5) is 0 Å². The van der Waals surface area contributed by atoms with Crippen LogP contribution in [0.15, 0.2) is 0 Å². The Morgan fingerprint density at radius 3 is 2.57 bits per heavy atom. The molecule has 1 aromatic heterocycles. The maximum atomic E-state index is 4.13. The van der Waals surface area contributed by atoms with Crippen LogP contribution in [0.2, 0.25) is 0 Å². The first-order valence-electron chi connectivity index (χ1n) is 5.24. The van der Waals surface area contributed by atoms with E-state index in [0.29, 0.717) is 0 Å². The zero-order chi connectivity index (χ0) is 10.4. The topological polar surface area (TPSA) is 37.8 Å². The lowest BCUT2D eigenvalue weighted by molar-refractivity contribution is 0.553. The zero-order valence-corrected chi connectivity index (χ0v) is 10.0. The summed E-state index contributed by atoms with van der Waals surface area (Å²) in [6, 6.07) is 0. The van der Waals surface area contributed by atoms with Crippen molar-refractivity contribution in [3.8, 4) is 0 Å². The number of hydrogen-bond donors (Lipinski definition) is 1.